The van der Waals surface area contributed by atoms with Crippen molar-refractivity contribution in [1.82, 2.24) is 4.72 Å². The van der Waals surface area contributed by atoms with E-state index in [0.29, 0.717) is 35.0 Å². The third kappa shape index (κ3) is 9.23. The van der Waals surface area contributed by atoms with Crippen LogP contribution in [0, 0.1) is 0 Å². The number of hydrogen-bond acceptors (Lipinski definition) is 4. The SMILES string of the molecule is C=C/C=C(\C=C/C)C(C)N=C(Cl)/C(Cc1ccccc1OC)=C(\C)NS(=O)(=O)Nc1ccc(C(C)C)cc1. The van der Waals surface area contributed by atoms with Gasteiger partial charge in [0.1, 0.15) is 10.9 Å². The third-order valence-corrected chi connectivity index (χ3v) is 7.24. The minimum absolute atomic E-state index is 0.198. The molecule has 0 amide bonds. The molecule has 38 heavy (non-hydrogen) atoms. The number of aliphatic imine (C=N–C) groups is 1. The molecule has 2 aromatic rings. The van der Waals surface area contributed by atoms with Gasteiger partial charge in [0.05, 0.1) is 18.8 Å². The molecule has 8 heteroatoms. The molecule has 204 valence electrons. The van der Waals surface area contributed by atoms with Crippen LogP contribution in [0.2, 0.25) is 0 Å². The molecule has 0 aliphatic heterocycles. The van der Waals surface area contributed by atoms with E-state index < -0.39 is 10.2 Å². The van der Waals surface area contributed by atoms with E-state index in [-0.39, 0.29) is 11.2 Å². The van der Waals surface area contributed by atoms with Gasteiger partial charge < -0.3 is 4.74 Å². The molecule has 2 N–H and O–H groups in total. The van der Waals surface area contributed by atoms with Crippen molar-refractivity contribution in [1.29, 1.82) is 0 Å². The lowest BCUT2D eigenvalue weighted by Gasteiger charge is -2.17. The molecule has 1 atom stereocenters. The van der Waals surface area contributed by atoms with Crippen molar-refractivity contribution in [3.8, 4) is 5.75 Å². The first kappa shape index (κ1) is 30.9. The first-order valence-electron chi connectivity index (χ1n) is 12.4. The minimum atomic E-state index is -3.95. The maximum Gasteiger partial charge on any atom is 0.321 e. The molecule has 0 heterocycles. The van der Waals surface area contributed by atoms with Crippen LogP contribution in [0.1, 0.15) is 51.7 Å². The van der Waals surface area contributed by atoms with Gasteiger partial charge >= 0.3 is 10.2 Å². The highest BCUT2D eigenvalue weighted by atomic mass is 35.5. The minimum Gasteiger partial charge on any atom is -0.496 e. The normalized spacial score (nSPS) is 14.3. The number of anilines is 1. The summed E-state index contributed by atoms with van der Waals surface area (Å²) >= 11 is 6.78. The van der Waals surface area contributed by atoms with E-state index in [9.17, 15) is 8.42 Å². The van der Waals surface area contributed by atoms with Crippen molar-refractivity contribution in [2.45, 2.75) is 53.0 Å². The standard InChI is InChI=1S/C30H38ClN3O3S/c1-8-12-25(13-9-2)22(5)32-30(31)28(20-26-14-10-11-15-29(26)37-7)23(6)33-38(35,36)34-27-18-16-24(17-19-27)21(3)4/h8-19,21-22,33-34H,1,20H2,2-7H3/b13-9-,25-12+,28-23+,32-30?. The smallest absolute Gasteiger partial charge is 0.321 e. The van der Waals surface area contributed by atoms with Crippen LogP contribution in [0.5, 0.6) is 5.75 Å². The first-order valence-corrected chi connectivity index (χ1v) is 14.3. The number of ether oxygens (including phenoxy) is 1. The quantitative estimate of drug-likeness (QED) is 0.201. The number of methoxy groups -OCH3 is 1. The average molecular weight is 556 g/mol. The monoisotopic (exact) mass is 555 g/mol. The molecular formula is C30H38ClN3O3S. The summed E-state index contributed by atoms with van der Waals surface area (Å²) in [6.45, 7) is 13.4. The van der Waals surface area contributed by atoms with Crippen molar-refractivity contribution in [3.63, 3.8) is 0 Å². The summed E-state index contributed by atoms with van der Waals surface area (Å²) in [6.07, 6.45) is 7.72. The average Bonchev–Trinajstić information content (AvgIpc) is 2.86. The Hall–Kier alpha value is -3.29. The fourth-order valence-electron chi connectivity index (χ4n) is 3.76. The summed E-state index contributed by atoms with van der Waals surface area (Å²) in [7, 11) is -2.36. The van der Waals surface area contributed by atoms with E-state index in [1.54, 1.807) is 32.2 Å². The van der Waals surface area contributed by atoms with E-state index in [4.69, 9.17) is 16.3 Å². The second-order valence-electron chi connectivity index (χ2n) is 9.07. The molecule has 6 nitrogen and oxygen atoms in total. The number of allylic oxidation sites excluding steroid dienone is 5. The number of benzene rings is 2. The van der Waals surface area contributed by atoms with Crippen molar-refractivity contribution in [2.24, 2.45) is 4.99 Å². The molecule has 2 aromatic carbocycles. The van der Waals surface area contributed by atoms with Crippen molar-refractivity contribution in [2.75, 3.05) is 11.8 Å². The lowest BCUT2D eigenvalue weighted by molar-refractivity contribution is 0.410. The van der Waals surface area contributed by atoms with Gasteiger partial charge in [-0.3, -0.25) is 14.4 Å². The zero-order valence-electron chi connectivity index (χ0n) is 23.0. The number of nitrogens with one attached hydrogen (secondary N) is 2. The van der Waals surface area contributed by atoms with E-state index >= 15 is 0 Å². The molecule has 0 aliphatic rings. The van der Waals surface area contributed by atoms with Gasteiger partial charge in [-0.15, -0.1) is 0 Å². The van der Waals surface area contributed by atoms with E-state index in [0.717, 1.165) is 16.7 Å². The molecular weight excluding hydrogens is 518 g/mol. The topological polar surface area (TPSA) is 79.8 Å². The van der Waals surface area contributed by atoms with Gasteiger partial charge in [0, 0.05) is 17.7 Å². The van der Waals surface area contributed by atoms with Crippen LogP contribution in [-0.2, 0) is 16.6 Å². The maximum absolute atomic E-state index is 13.0. The zero-order chi connectivity index (χ0) is 28.3. The molecule has 0 radical (unpaired) electrons. The number of hydrogen-bond donors (Lipinski definition) is 2. The number of halogens is 1. The number of para-hydroxylation sites is 1. The Morgan fingerprint density at radius 1 is 1.13 bits per heavy atom. The Bertz CT molecular complexity index is 1320. The van der Waals surface area contributed by atoms with Crippen molar-refractivity contribution >= 4 is 32.7 Å². The second kappa shape index (κ2) is 14.6. The molecule has 2 rings (SSSR count). The third-order valence-electron chi connectivity index (χ3n) is 5.84. The lowest BCUT2D eigenvalue weighted by Crippen LogP contribution is -2.30. The fraction of sp³-hybridized carbons (Fsp3) is 0.300. The lowest BCUT2D eigenvalue weighted by atomic mass is 10.0. The van der Waals surface area contributed by atoms with Crippen LogP contribution in [0.15, 0.2) is 101 Å². The van der Waals surface area contributed by atoms with Crippen LogP contribution >= 0.6 is 11.6 Å². The van der Waals surface area contributed by atoms with Gasteiger partial charge in [0.2, 0.25) is 0 Å². The molecule has 1 unspecified atom stereocenters. The Morgan fingerprint density at radius 3 is 2.37 bits per heavy atom. The van der Waals surface area contributed by atoms with Crippen molar-refractivity contribution in [3.05, 3.63) is 107 Å². The Morgan fingerprint density at radius 2 is 1.79 bits per heavy atom. The maximum atomic E-state index is 13.0. The molecule has 0 saturated carbocycles. The van der Waals surface area contributed by atoms with Crippen LogP contribution in [-0.4, -0.2) is 26.7 Å². The predicted octanol–water partition coefficient (Wildman–Crippen LogP) is 7.30. The van der Waals surface area contributed by atoms with E-state index in [1.165, 1.54) is 0 Å². The Labute approximate surface area is 233 Å². The summed E-state index contributed by atoms with van der Waals surface area (Å²) in [4.78, 5) is 4.69. The highest BCUT2D eigenvalue weighted by Crippen LogP contribution is 2.25. The molecule has 0 saturated heterocycles. The van der Waals surface area contributed by atoms with Crippen molar-refractivity contribution < 1.29 is 13.2 Å². The molecule has 0 aliphatic carbocycles. The summed E-state index contributed by atoms with van der Waals surface area (Å²) < 4.78 is 36.8. The van der Waals surface area contributed by atoms with Crippen LogP contribution < -0.4 is 14.2 Å². The summed E-state index contributed by atoms with van der Waals surface area (Å²) in [6, 6.07) is 14.5. The Kier molecular flexibility index (Phi) is 11.9. The molecule has 0 bridgehead atoms. The van der Waals surface area contributed by atoms with Gasteiger partial charge in [-0.05, 0) is 61.6 Å². The van der Waals surface area contributed by atoms with Crippen LogP contribution in [0.25, 0.3) is 0 Å². The number of rotatable bonds is 13. The van der Waals surface area contributed by atoms with Gasteiger partial charge in [0.25, 0.3) is 0 Å². The zero-order valence-corrected chi connectivity index (χ0v) is 24.5. The second-order valence-corrected chi connectivity index (χ2v) is 10.8. The van der Waals surface area contributed by atoms with Crippen LogP contribution in [0.3, 0.4) is 0 Å². The summed E-state index contributed by atoms with van der Waals surface area (Å²) in [5.74, 6) is 1.02. The van der Waals surface area contributed by atoms with Crippen LogP contribution in [0.4, 0.5) is 5.69 Å². The highest BCUT2D eigenvalue weighted by molar-refractivity contribution is 7.90. The summed E-state index contributed by atoms with van der Waals surface area (Å²) in [5.41, 5.74) is 4.22. The van der Waals surface area contributed by atoms with Gasteiger partial charge in [-0.1, -0.05) is 86.7 Å². The Balaban J connectivity index is 2.47. The summed E-state index contributed by atoms with van der Waals surface area (Å²) in [5, 5.41) is 0.198. The largest absolute Gasteiger partial charge is 0.496 e. The first-order chi connectivity index (χ1) is 18.0. The molecule has 0 aromatic heterocycles. The number of nitrogens with zero attached hydrogens (tertiary/aromatic N) is 1. The van der Waals surface area contributed by atoms with Gasteiger partial charge in [-0.2, -0.15) is 8.42 Å². The fourth-order valence-corrected chi connectivity index (χ4v) is 5.14. The molecule has 0 spiro atoms. The van der Waals surface area contributed by atoms with E-state index in [2.05, 4.69) is 34.9 Å². The highest BCUT2D eigenvalue weighted by Gasteiger charge is 2.18. The van der Waals surface area contributed by atoms with Gasteiger partial charge in [-0.25, -0.2) is 0 Å². The van der Waals surface area contributed by atoms with Gasteiger partial charge in [0.15, 0.2) is 0 Å². The predicted molar refractivity (Wildman–Crippen MR) is 161 cm³/mol. The molecule has 0 fully saturated rings. The van der Waals surface area contributed by atoms with E-state index in [1.807, 2.05) is 68.5 Å².